The van der Waals surface area contributed by atoms with Crippen molar-refractivity contribution in [3.8, 4) is 11.5 Å². The molecular formula is C25H36N2O4. The number of nitrogens with zero attached hydrogens (tertiary/aromatic N) is 1. The fraction of sp³-hybridized carbons (Fsp3) is 0.520. The van der Waals surface area contributed by atoms with Gasteiger partial charge < -0.3 is 29.9 Å². The molecule has 6 nitrogen and oxygen atoms in total. The molecule has 0 aromatic heterocycles. The minimum atomic E-state index is -0.581. The maximum atomic E-state index is 10.3. The summed E-state index contributed by atoms with van der Waals surface area (Å²) in [5, 5.41) is 23.4. The lowest BCUT2D eigenvalue weighted by molar-refractivity contribution is 0.0333. The molecule has 2 aromatic carbocycles. The summed E-state index contributed by atoms with van der Waals surface area (Å²) < 4.78 is 11.3. The Hall–Kier alpha value is -2.12. The monoisotopic (exact) mass is 428 g/mol. The molecular weight excluding hydrogens is 392 g/mol. The molecule has 0 bridgehead atoms. The molecule has 1 aliphatic rings. The standard InChI is InChI=1S/C25H36N2O4/c1-19-5-3-4-6-21(19)9-12-26-16-20-7-8-24(25(15-20)30-2)31-18-23(29)17-27-13-10-22(28)11-14-27/h3-8,15,22-23,26,28-29H,9-14,16-18H2,1-2H3/t23-/m0/s1. The van der Waals surface area contributed by atoms with E-state index in [1.54, 1.807) is 7.11 Å². The minimum absolute atomic E-state index is 0.204. The molecule has 0 saturated carbocycles. The predicted octanol–water partition coefficient (Wildman–Crippen LogP) is 2.53. The smallest absolute Gasteiger partial charge is 0.161 e. The first-order chi connectivity index (χ1) is 15.0. The molecule has 3 rings (SSSR count). The van der Waals surface area contributed by atoms with E-state index in [1.807, 2.05) is 18.2 Å². The number of ether oxygens (including phenoxy) is 2. The van der Waals surface area contributed by atoms with Crippen LogP contribution in [-0.2, 0) is 13.0 Å². The van der Waals surface area contributed by atoms with Crippen molar-refractivity contribution in [2.24, 2.45) is 0 Å². The fourth-order valence-electron chi connectivity index (χ4n) is 3.93. The van der Waals surface area contributed by atoms with Crippen molar-refractivity contribution >= 4 is 0 Å². The normalized spacial score (nSPS) is 16.3. The van der Waals surface area contributed by atoms with Crippen LogP contribution in [0.5, 0.6) is 11.5 Å². The third kappa shape index (κ3) is 7.51. The Bertz CT molecular complexity index is 806. The van der Waals surface area contributed by atoms with Gasteiger partial charge in [0.1, 0.15) is 12.7 Å². The quantitative estimate of drug-likeness (QED) is 0.478. The highest BCUT2D eigenvalue weighted by Gasteiger charge is 2.20. The Morgan fingerprint density at radius 1 is 1.13 bits per heavy atom. The summed E-state index contributed by atoms with van der Waals surface area (Å²) in [5.41, 5.74) is 3.82. The molecule has 1 aliphatic heterocycles. The lowest BCUT2D eigenvalue weighted by Crippen LogP contribution is -2.41. The number of methoxy groups -OCH3 is 1. The van der Waals surface area contributed by atoms with Crippen LogP contribution in [0, 0.1) is 6.92 Å². The summed E-state index contributed by atoms with van der Waals surface area (Å²) in [6.07, 6.45) is 1.75. The largest absolute Gasteiger partial charge is 0.493 e. The van der Waals surface area contributed by atoms with Gasteiger partial charge in [-0.1, -0.05) is 30.3 Å². The summed E-state index contributed by atoms with van der Waals surface area (Å²) >= 11 is 0. The first-order valence-corrected chi connectivity index (χ1v) is 11.2. The third-order valence-electron chi connectivity index (χ3n) is 5.85. The van der Waals surface area contributed by atoms with E-state index in [2.05, 4.69) is 41.4 Å². The van der Waals surface area contributed by atoms with E-state index < -0.39 is 6.10 Å². The van der Waals surface area contributed by atoms with Crippen molar-refractivity contribution in [1.82, 2.24) is 10.2 Å². The van der Waals surface area contributed by atoms with Gasteiger partial charge in [0.15, 0.2) is 11.5 Å². The van der Waals surface area contributed by atoms with Crippen LogP contribution in [0.3, 0.4) is 0 Å². The Morgan fingerprint density at radius 3 is 2.65 bits per heavy atom. The average Bonchev–Trinajstić information content (AvgIpc) is 2.78. The van der Waals surface area contributed by atoms with Gasteiger partial charge in [0.05, 0.1) is 13.2 Å². The minimum Gasteiger partial charge on any atom is -0.493 e. The number of aliphatic hydroxyl groups excluding tert-OH is 2. The second kappa shape index (κ2) is 12.1. The molecule has 0 unspecified atom stereocenters. The Morgan fingerprint density at radius 2 is 1.90 bits per heavy atom. The first-order valence-electron chi connectivity index (χ1n) is 11.2. The summed E-state index contributed by atoms with van der Waals surface area (Å²) in [6, 6.07) is 14.4. The van der Waals surface area contributed by atoms with Crippen molar-refractivity contribution in [2.75, 3.05) is 39.9 Å². The van der Waals surface area contributed by atoms with Gasteiger partial charge >= 0.3 is 0 Å². The lowest BCUT2D eigenvalue weighted by atomic mass is 10.1. The van der Waals surface area contributed by atoms with Gasteiger partial charge in [-0.3, -0.25) is 0 Å². The van der Waals surface area contributed by atoms with Crippen molar-refractivity contribution < 1.29 is 19.7 Å². The number of aryl methyl sites for hydroxylation is 1. The number of benzene rings is 2. The summed E-state index contributed by atoms with van der Waals surface area (Å²) in [7, 11) is 1.63. The van der Waals surface area contributed by atoms with E-state index in [1.165, 1.54) is 11.1 Å². The average molecular weight is 429 g/mol. The van der Waals surface area contributed by atoms with Crippen LogP contribution in [0.1, 0.15) is 29.5 Å². The van der Waals surface area contributed by atoms with Gasteiger partial charge in [-0.05, 0) is 61.6 Å². The molecule has 1 atom stereocenters. The van der Waals surface area contributed by atoms with E-state index in [4.69, 9.17) is 9.47 Å². The summed E-state index contributed by atoms with van der Waals surface area (Å²) in [5.74, 6) is 1.31. The molecule has 0 radical (unpaired) electrons. The molecule has 3 N–H and O–H groups in total. The maximum absolute atomic E-state index is 10.3. The van der Waals surface area contributed by atoms with Crippen molar-refractivity contribution in [1.29, 1.82) is 0 Å². The molecule has 170 valence electrons. The number of piperidine rings is 1. The Kier molecular flexibility index (Phi) is 9.15. The summed E-state index contributed by atoms with van der Waals surface area (Å²) in [4.78, 5) is 2.17. The molecule has 0 aliphatic carbocycles. The van der Waals surface area contributed by atoms with Gasteiger partial charge in [-0.15, -0.1) is 0 Å². The van der Waals surface area contributed by atoms with Gasteiger partial charge in [-0.2, -0.15) is 0 Å². The summed E-state index contributed by atoms with van der Waals surface area (Å²) in [6.45, 7) is 6.20. The lowest BCUT2D eigenvalue weighted by Gasteiger charge is -2.30. The first kappa shape index (κ1) is 23.5. The third-order valence-corrected chi connectivity index (χ3v) is 5.85. The van der Waals surface area contributed by atoms with Gasteiger partial charge in [0, 0.05) is 26.2 Å². The SMILES string of the molecule is COc1cc(CNCCc2ccccc2C)ccc1OC[C@@H](O)CN1CCC(O)CC1. The van der Waals surface area contributed by atoms with Crippen LogP contribution in [0.25, 0.3) is 0 Å². The highest BCUT2D eigenvalue weighted by atomic mass is 16.5. The number of β-amino-alcohol motifs (C(OH)–C–C–N with tert-alkyl or cyclic N) is 1. The Balaban J connectivity index is 1.43. The van der Waals surface area contributed by atoms with E-state index in [0.29, 0.717) is 18.0 Å². The topological polar surface area (TPSA) is 74.2 Å². The molecule has 1 heterocycles. The van der Waals surface area contributed by atoms with Gasteiger partial charge in [0.25, 0.3) is 0 Å². The van der Waals surface area contributed by atoms with Crippen LogP contribution < -0.4 is 14.8 Å². The van der Waals surface area contributed by atoms with Crippen molar-refractivity contribution in [2.45, 2.75) is 44.9 Å². The number of hydrogen-bond donors (Lipinski definition) is 3. The zero-order valence-electron chi connectivity index (χ0n) is 18.7. The molecule has 31 heavy (non-hydrogen) atoms. The zero-order valence-corrected chi connectivity index (χ0v) is 18.7. The van der Waals surface area contributed by atoms with E-state index in [0.717, 1.165) is 51.0 Å². The van der Waals surface area contributed by atoms with E-state index in [9.17, 15) is 10.2 Å². The molecule has 2 aromatic rings. The number of nitrogens with one attached hydrogen (secondary N) is 1. The van der Waals surface area contributed by atoms with Crippen molar-refractivity contribution in [3.63, 3.8) is 0 Å². The molecule has 6 heteroatoms. The van der Waals surface area contributed by atoms with Crippen LogP contribution >= 0.6 is 0 Å². The predicted molar refractivity (Wildman–Crippen MR) is 123 cm³/mol. The van der Waals surface area contributed by atoms with Crippen LogP contribution in [0.2, 0.25) is 0 Å². The van der Waals surface area contributed by atoms with E-state index >= 15 is 0 Å². The molecule has 0 amide bonds. The second-order valence-corrected chi connectivity index (χ2v) is 8.34. The number of likely N-dealkylation sites (tertiary alicyclic amines) is 1. The van der Waals surface area contributed by atoms with Crippen LogP contribution in [-0.4, -0.2) is 67.2 Å². The van der Waals surface area contributed by atoms with E-state index in [-0.39, 0.29) is 12.7 Å². The van der Waals surface area contributed by atoms with Gasteiger partial charge in [-0.25, -0.2) is 0 Å². The van der Waals surface area contributed by atoms with Gasteiger partial charge in [0.2, 0.25) is 0 Å². The highest BCUT2D eigenvalue weighted by molar-refractivity contribution is 5.43. The number of hydrogen-bond acceptors (Lipinski definition) is 6. The fourth-order valence-corrected chi connectivity index (χ4v) is 3.93. The number of rotatable bonds is 11. The Labute approximate surface area is 185 Å². The van der Waals surface area contributed by atoms with Crippen LogP contribution in [0.15, 0.2) is 42.5 Å². The number of aliphatic hydroxyl groups is 2. The molecule has 1 fully saturated rings. The second-order valence-electron chi connectivity index (χ2n) is 8.34. The van der Waals surface area contributed by atoms with Crippen LogP contribution in [0.4, 0.5) is 0 Å². The maximum Gasteiger partial charge on any atom is 0.161 e. The molecule has 1 saturated heterocycles. The highest BCUT2D eigenvalue weighted by Crippen LogP contribution is 2.28. The zero-order chi connectivity index (χ0) is 22.1. The molecule has 0 spiro atoms. The van der Waals surface area contributed by atoms with Crippen molar-refractivity contribution in [3.05, 3.63) is 59.2 Å².